The third-order valence-corrected chi connectivity index (χ3v) is 5.14. The van der Waals surface area contributed by atoms with Crippen molar-refractivity contribution >= 4 is 27.5 Å². The number of nitrogens with one attached hydrogen (secondary N) is 1. The Hall–Kier alpha value is -2.75. The van der Waals surface area contributed by atoms with Gasteiger partial charge in [-0.15, -0.1) is 5.10 Å². The third-order valence-electron chi connectivity index (χ3n) is 4.29. The zero-order valence-corrected chi connectivity index (χ0v) is 15.7. The van der Waals surface area contributed by atoms with Gasteiger partial charge in [-0.3, -0.25) is 5.10 Å². The lowest BCUT2D eigenvalue weighted by Gasteiger charge is -2.24. The van der Waals surface area contributed by atoms with Crippen LogP contribution in [0.2, 0.25) is 5.02 Å². The number of ether oxygens (including phenoxy) is 1. The van der Waals surface area contributed by atoms with Crippen LogP contribution in [0.1, 0.15) is 17.0 Å². The van der Waals surface area contributed by atoms with E-state index in [1.165, 1.54) is 0 Å². The fourth-order valence-corrected chi connectivity index (χ4v) is 3.60. The van der Waals surface area contributed by atoms with E-state index in [4.69, 9.17) is 22.1 Å². The van der Waals surface area contributed by atoms with Gasteiger partial charge in [0.05, 0.1) is 17.2 Å². The molecule has 0 aliphatic carbocycles. The maximum absolute atomic E-state index is 9.69. The van der Waals surface area contributed by atoms with Crippen LogP contribution in [0.25, 0.3) is 11.3 Å². The molecule has 0 saturated heterocycles. The highest BCUT2D eigenvalue weighted by atomic mass is 79.9. The molecule has 5 nitrogen and oxygen atoms in total. The van der Waals surface area contributed by atoms with Gasteiger partial charge in [0.2, 0.25) is 11.8 Å². The van der Waals surface area contributed by atoms with E-state index in [0.717, 1.165) is 21.2 Å². The molecule has 7 heteroatoms. The SMILES string of the molecule is N#CC1=C(N)Oc2n[nH]c(-c3ccccc3Cl)c2[C@@H]1c1ccc(Br)cc1. The first-order valence-corrected chi connectivity index (χ1v) is 8.93. The normalized spacial score (nSPS) is 16.0. The second-order valence-electron chi connectivity index (χ2n) is 5.77. The number of hydrogen-bond acceptors (Lipinski definition) is 4. The molecule has 3 N–H and O–H groups in total. The predicted molar refractivity (Wildman–Crippen MR) is 102 cm³/mol. The van der Waals surface area contributed by atoms with Crippen molar-refractivity contribution in [3.63, 3.8) is 0 Å². The van der Waals surface area contributed by atoms with Gasteiger partial charge >= 0.3 is 0 Å². The number of aromatic amines is 1. The van der Waals surface area contributed by atoms with Gasteiger partial charge in [0.25, 0.3) is 0 Å². The van der Waals surface area contributed by atoms with Crippen LogP contribution >= 0.6 is 27.5 Å². The van der Waals surface area contributed by atoms with Gasteiger partial charge in [-0.05, 0) is 23.8 Å². The van der Waals surface area contributed by atoms with Crippen molar-refractivity contribution in [2.75, 3.05) is 0 Å². The van der Waals surface area contributed by atoms with Gasteiger partial charge in [0.15, 0.2) is 0 Å². The van der Waals surface area contributed by atoms with Crippen LogP contribution in [0, 0.1) is 11.3 Å². The zero-order chi connectivity index (χ0) is 18.3. The third kappa shape index (κ3) is 2.66. The van der Waals surface area contributed by atoms with Gasteiger partial charge in [-0.25, -0.2) is 0 Å². The first-order chi connectivity index (χ1) is 12.6. The highest BCUT2D eigenvalue weighted by Crippen LogP contribution is 2.46. The van der Waals surface area contributed by atoms with E-state index in [0.29, 0.717) is 22.2 Å². The van der Waals surface area contributed by atoms with Crippen molar-refractivity contribution in [2.45, 2.75) is 5.92 Å². The van der Waals surface area contributed by atoms with Crippen LogP contribution in [0.3, 0.4) is 0 Å². The average molecular weight is 428 g/mol. The maximum atomic E-state index is 9.69. The van der Waals surface area contributed by atoms with Crippen molar-refractivity contribution in [2.24, 2.45) is 5.73 Å². The van der Waals surface area contributed by atoms with Crippen molar-refractivity contribution in [3.8, 4) is 23.2 Å². The summed E-state index contributed by atoms with van der Waals surface area (Å²) in [5.41, 5.74) is 9.47. The molecule has 0 unspecified atom stereocenters. The molecule has 0 radical (unpaired) electrons. The highest BCUT2D eigenvalue weighted by molar-refractivity contribution is 9.10. The lowest BCUT2D eigenvalue weighted by Crippen LogP contribution is -2.20. The molecule has 2 aromatic carbocycles. The van der Waals surface area contributed by atoms with Gasteiger partial charge in [-0.2, -0.15) is 5.26 Å². The second kappa shape index (κ2) is 6.52. The monoisotopic (exact) mass is 426 g/mol. The molecule has 0 saturated carbocycles. The van der Waals surface area contributed by atoms with E-state index in [-0.39, 0.29) is 5.88 Å². The van der Waals surface area contributed by atoms with Gasteiger partial charge in [0.1, 0.15) is 11.6 Å². The quantitative estimate of drug-likeness (QED) is 0.620. The molecule has 0 bridgehead atoms. The van der Waals surface area contributed by atoms with Crippen LogP contribution in [0.4, 0.5) is 0 Å². The average Bonchev–Trinajstić information content (AvgIpc) is 3.05. The molecule has 2 heterocycles. The molecule has 1 aliphatic heterocycles. The Bertz CT molecular complexity index is 1070. The summed E-state index contributed by atoms with van der Waals surface area (Å²) < 4.78 is 6.54. The maximum Gasteiger partial charge on any atom is 0.244 e. The fourth-order valence-electron chi connectivity index (χ4n) is 3.10. The lowest BCUT2D eigenvalue weighted by atomic mass is 9.83. The topological polar surface area (TPSA) is 87.7 Å². The Labute approximate surface area is 163 Å². The molecule has 1 aliphatic rings. The van der Waals surface area contributed by atoms with Gasteiger partial charge in [0, 0.05) is 15.1 Å². The molecule has 0 fully saturated rings. The molecule has 0 amide bonds. The summed E-state index contributed by atoms with van der Waals surface area (Å²) >= 11 is 9.81. The first kappa shape index (κ1) is 16.7. The summed E-state index contributed by atoms with van der Waals surface area (Å²) in [7, 11) is 0. The molecule has 26 heavy (non-hydrogen) atoms. The number of halogens is 2. The number of rotatable bonds is 2. The number of benzene rings is 2. The summed E-state index contributed by atoms with van der Waals surface area (Å²) in [5.74, 6) is 0.0105. The second-order valence-corrected chi connectivity index (χ2v) is 7.10. The number of H-pyrrole nitrogens is 1. The van der Waals surface area contributed by atoms with E-state index in [2.05, 4.69) is 32.2 Å². The van der Waals surface area contributed by atoms with Crippen LogP contribution in [-0.2, 0) is 0 Å². The van der Waals surface area contributed by atoms with E-state index in [1.54, 1.807) is 6.07 Å². The summed E-state index contributed by atoms with van der Waals surface area (Å²) in [6.07, 6.45) is 0. The molecule has 1 atom stereocenters. The van der Waals surface area contributed by atoms with Crippen molar-refractivity contribution in [1.82, 2.24) is 10.2 Å². The zero-order valence-electron chi connectivity index (χ0n) is 13.3. The number of nitriles is 1. The van der Waals surface area contributed by atoms with E-state index in [1.807, 2.05) is 42.5 Å². The Morgan fingerprint density at radius 1 is 1.19 bits per heavy atom. The fraction of sp³-hybridized carbons (Fsp3) is 0.0526. The van der Waals surface area contributed by atoms with Crippen LogP contribution < -0.4 is 10.5 Å². The van der Waals surface area contributed by atoms with Crippen molar-refractivity contribution < 1.29 is 4.74 Å². The molecule has 4 rings (SSSR count). The van der Waals surface area contributed by atoms with E-state index >= 15 is 0 Å². The van der Waals surface area contributed by atoms with E-state index in [9.17, 15) is 5.26 Å². The molecule has 3 aromatic rings. The molecule has 1 aromatic heterocycles. The number of nitrogens with zero attached hydrogens (tertiary/aromatic N) is 2. The van der Waals surface area contributed by atoms with E-state index < -0.39 is 5.92 Å². The standard InChI is InChI=1S/C19H12BrClN4O/c20-11-7-5-10(6-8-11)15-13(9-22)18(23)26-19-16(15)17(24-25-19)12-3-1-2-4-14(12)21/h1-8,15H,23H2,(H,24,25)/t15-/m1/s1. The minimum Gasteiger partial charge on any atom is -0.420 e. The summed E-state index contributed by atoms with van der Waals surface area (Å²) in [4.78, 5) is 0. The highest BCUT2D eigenvalue weighted by Gasteiger charge is 2.35. The Kier molecular flexibility index (Phi) is 4.19. The van der Waals surface area contributed by atoms with Crippen LogP contribution in [0.5, 0.6) is 5.88 Å². The number of allylic oxidation sites excluding steroid dienone is 1. The van der Waals surface area contributed by atoms with Crippen LogP contribution in [0.15, 0.2) is 64.5 Å². The molecule has 128 valence electrons. The summed E-state index contributed by atoms with van der Waals surface area (Å²) in [6, 6.07) is 17.4. The van der Waals surface area contributed by atoms with Crippen molar-refractivity contribution in [1.29, 1.82) is 5.26 Å². The Balaban J connectivity index is 1.97. The Morgan fingerprint density at radius 3 is 2.62 bits per heavy atom. The smallest absolute Gasteiger partial charge is 0.244 e. The number of hydrogen-bond donors (Lipinski definition) is 2. The number of fused-ring (bicyclic) bond motifs is 1. The first-order valence-electron chi connectivity index (χ1n) is 7.76. The lowest BCUT2D eigenvalue weighted by molar-refractivity contribution is 0.379. The van der Waals surface area contributed by atoms with Crippen molar-refractivity contribution in [3.05, 3.63) is 80.6 Å². The summed E-state index contributed by atoms with van der Waals surface area (Å²) in [6.45, 7) is 0. The minimum absolute atomic E-state index is 0.0603. The Morgan fingerprint density at radius 2 is 1.92 bits per heavy atom. The van der Waals surface area contributed by atoms with Gasteiger partial charge < -0.3 is 10.5 Å². The molecular weight excluding hydrogens is 416 g/mol. The molecule has 0 spiro atoms. The minimum atomic E-state index is -0.401. The van der Waals surface area contributed by atoms with Gasteiger partial charge in [-0.1, -0.05) is 57.9 Å². The number of aromatic nitrogens is 2. The molecular formula is C19H12BrClN4O. The van der Waals surface area contributed by atoms with Crippen LogP contribution in [-0.4, -0.2) is 10.2 Å². The summed E-state index contributed by atoms with van der Waals surface area (Å²) in [5, 5.41) is 17.5. The number of nitrogens with two attached hydrogens (primary N) is 1. The largest absolute Gasteiger partial charge is 0.420 e. The predicted octanol–water partition coefficient (Wildman–Crippen LogP) is 4.71.